The highest BCUT2D eigenvalue weighted by Crippen LogP contribution is 2.23. The summed E-state index contributed by atoms with van der Waals surface area (Å²) in [6.07, 6.45) is 6.06. The molecule has 2 saturated heterocycles. The van der Waals surface area contributed by atoms with Gasteiger partial charge in [-0.3, -0.25) is 9.69 Å². The number of nitrogens with zero attached hydrogens (tertiary/aromatic N) is 3. The van der Waals surface area contributed by atoms with Gasteiger partial charge >= 0.3 is 0 Å². The highest BCUT2D eigenvalue weighted by atomic mass is 35.5. The zero-order chi connectivity index (χ0) is 19.3. The van der Waals surface area contributed by atoms with Gasteiger partial charge in [-0.25, -0.2) is 4.98 Å². The van der Waals surface area contributed by atoms with E-state index in [0.29, 0.717) is 5.56 Å². The van der Waals surface area contributed by atoms with E-state index in [0.717, 1.165) is 56.4 Å². The van der Waals surface area contributed by atoms with E-state index in [4.69, 9.17) is 11.6 Å². The van der Waals surface area contributed by atoms with E-state index in [1.54, 1.807) is 6.20 Å². The molecule has 1 amide bonds. The minimum Gasteiger partial charge on any atom is -0.356 e. The van der Waals surface area contributed by atoms with Gasteiger partial charge in [0.1, 0.15) is 5.82 Å². The molecule has 0 bridgehead atoms. The van der Waals surface area contributed by atoms with E-state index in [1.165, 1.54) is 18.4 Å². The second-order valence-corrected chi connectivity index (χ2v) is 8.16. The summed E-state index contributed by atoms with van der Waals surface area (Å²) in [7, 11) is 0. The van der Waals surface area contributed by atoms with E-state index in [9.17, 15) is 4.79 Å². The number of pyridine rings is 1. The summed E-state index contributed by atoms with van der Waals surface area (Å²) in [5.41, 5.74) is 1.98. The van der Waals surface area contributed by atoms with Crippen molar-refractivity contribution in [1.82, 2.24) is 15.2 Å². The first-order chi connectivity index (χ1) is 13.7. The van der Waals surface area contributed by atoms with Crippen molar-refractivity contribution in [2.24, 2.45) is 0 Å². The van der Waals surface area contributed by atoms with Crippen molar-refractivity contribution in [3.05, 3.63) is 58.7 Å². The van der Waals surface area contributed by atoms with Gasteiger partial charge in [0.15, 0.2) is 0 Å². The van der Waals surface area contributed by atoms with Crippen molar-refractivity contribution in [1.29, 1.82) is 0 Å². The molecule has 1 aromatic heterocycles. The van der Waals surface area contributed by atoms with Crippen molar-refractivity contribution in [3.63, 3.8) is 0 Å². The van der Waals surface area contributed by atoms with E-state index in [1.807, 2.05) is 24.3 Å². The third-order valence-electron chi connectivity index (χ3n) is 5.68. The average molecular weight is 399 g/mol. The van der Waals surface area contributed by atoms with Crippen LogP contribution in [0.1, 0.15) is 41.6 Å². The molecule has 1 N–H and O–H groups in total. The largest absolute Gasteiger partial charge is 0.356 e. The summed E-state index contributed by atoms with van der Waals surface area (Å²) < 4.78 is 0. The number of hydrogen-bond donors (Lipinski definition) is 1. The molecule has 2 aliphatic heterocycles. The van der Waals surface area contributed by atoms with Crippen molar-refractivity contribution in [2.75, 3.05) is 31.1 Å². The maximum Gasteiger partial charge on any atom is 0.255 e. The molecule has 2 aromatic rings. The minimum absolute atomic E-state index is 0.00570. The van der Waals surface area contributed by atoms with Gasteiger partial charge in [-0.15, -0.1) is 0 Å². The quantitative estimate of drug-likeness (QED) is 0.833. The first kappa shape index (κ1) is 19.2. The lowest BCUT2D eigenvalue weighted by atomic mass is 10.0. The number of benzene rings is 1. The predicted octanol–water partition coefficient (Wildman–Crippen LogP) is 3.73. The Balaban J connectivity index is 1.31. The zero-order valence-electron chi connectivity index (χ0n) is 16.1. The lowest BCUT2D eigenvalue weighted by molar-refractivity contribution is 0.0909. The number of anilines is 1. The molecule has 0 unspecified atom stereocenters. The molecule has 28 heavy (non-hydrogen) atoms. The number of nitrogens with one attached hydrogen (secondary N) is 1. The van der Waals surface area contributed by atoms with Crippen molar-refractivity contribution < 1.29 is 4.79 Å². The van der Waals surface area contributed by atoms with Crippen LogP contribution in [0.15, 0.2) is 42.6 Å². The number of aromatic nitrogens is 1. The lowest BCUT2D eigenvalue weighted by Crippen LogP contribution is -2.44. The summed E-state index contributed by atoms with van der Waals surface area (Å²) in [4.78, 5) is 22.0. The number of hydrogen-bond acceptors (Lipinski definition) is 4. The van der Waals surface area contributed by atoms with Gasteiger partial charge in [0.05, 0.1) is 5.56 Å². The fraction of sp³-hybridized carbons (Fsp3) is 0.455. The van der Waals surface area contributed by atoms with Crippen LogP contribution >= 0.6 is 11.6 Å². The van der Waals surface area contributed by atoms with E-state index in [2.05, 4.69) is 32.2 Å². The molecule has 2 fully saturated rings. The van der Waals surface area contributed by atoms with E-state index in [-0.39, 0.29) is 11.9 Å². The first-order valence-electron chi connectivity index (χ1n) is 10.2. The van der Waals surface area contributed by atoms with Gasteiger partial charge in [0.2, 0.25) is 0 Å². The summed E-state index contributed by atoms with van der Waals surface area (Å²) in [6, 6.07) is 12.0. The molecule has 0 saturated carbocycles. The van der Waals surface area contributed by atoms with Crippen LogP contribution in [0.4, 0.5) is 5.82 Å². The predicted molar refractivity (Wildman–Crippen MR) is 113 cm³/mol. The third kappa shape index (κ3) is 4.65. The van der Waals surface area contributed by atoms with Crippen LogP contribution in [-0.4, -0.2) is 48.0 Å². The van der Waals surface area contributed by atoms with Crippen molar-refractivity contribution >= 4 is 23.3 Å². The van der Waals surface area contributed by atoms with Crippen LogP contribution in [0.2, 0.25) is 5.02 Å². The second kappa shape index (κ2) is 8.93. The third-order valence-corrected chi connectivity index (χ3v) is 5.93. The molecular weight excluding hydrogens is 372 g/mol. The molecular formula is C22H27ClN4O. The van der Waals surface area contributed by atoms with Crippen LogP contribution in [0.25, 0.3) is 0 Å². The summed E-state index contributed by atoms with van der Waals surface area (Å²) >= 11 is 5.96. The Morgan fingerprint density at radius 2 is 1.79 bits per heavy atom. The Morgan fingerprint density at radius 1 is 1.07 bits per heavy atom. The van der Waals surface area contributed by atoms with Gasteiger partial charge in [-0.2, -0.15) is 0 Å². The van der Waals surface area contributed by atoms with Crippen molar-refractivity contribution in [2.45, 2.75) is 38.3 Å². The monoisotopic (exact) mass is 398 g/mol. The fourth-order valence-corrected chi connectivity index (χ4v) is 4.23. The highest BCUT2D eigenvalue weighted by molar-refractivity contribution is 6.30. The highest BCUT2D eigenvalue weighted by Gasteiger charge is 2.24. The van der Waals surface area contributed by atoms with Gasteiger partial charge in [-0.1, -0.05) is 23.7 Å². The molecule has 2 aliphatic rings. The Hall–Kier alpha value is -2.11. The first-order valence-corrected chi connectivity index (χ1v) is 10.5. The summed E-state index contributed by atoms with van der Waals surface area (Å²) in [5.74, 6) is 0.837. The van der Waals surface area contributed by atoms with Gasteiger partial charge in [0, 0.05) is 50.0 Å². The standard InChI is InChI=1S/C22H27ClN4O/c23-18-7-5-17(6-8-18)16-26-14-9-19(10-15-26)25-22(28)20-4-3-11-24-21(20)27-12-1-2-13-27/h3-8,11,19H,1-2,9-10,12-16H2,(H,25,28). The van der Waals surface area contributed by atoms with Crippen LogP contribution in [0.5, 0.6) is 0 Å². The van der Waals surface area contributed by atoms with Crippen LogP contribution in [0.3, 0.4) is 0 Å². The number of carbonyl (C=O) groups is 1. The Kier molecular flexibility index (Phi) is 6.13. The molecule has 0 radical (unpaired) electrons. The zero-order valence-corrected chi connectivity index (χ0v) is 16.9. The molecule has 4 rings (SSSR count). The molecule has 0 aliphatic carbocycles. The smallest absolute Gasteiger partial charge is 0.255 e. The molecule has 148 valence electrons. The number of rotatable bonds is 5. The number of likely N-dealkylation sites (tertiary alicyclic amines) is 1. The normalized spacial score (nSPS) is 18.4. The Labute approximate surface area is 171 Å². The molecule has 0 spiro atoms. The molecule has 0 atom stereocenters. The van der Waals surface area contributed by atoms with Gasteiger partial charge in [-0.05, 0) is 55.5 Å². The lowest BCUT2D eigenvalue weighted by Gasteiger charge is -2.32. The van der Waals surface area contributed by atoms with Crippen LogP contribution < -0.4 is 10.2 Å². The average Bonchev–Trinajstić information content (AvgIpc) is 3.26. The van der Waals surface area contributed by atoms with Gasteiger partial charge < -0.3 is 10.2 Å². The second-order valence-electron chi connectivity index (χ2n) is 7.72. The maximum absolute atomic E-state index is 12.9. The van der Waals surface area contributed by atoms with Crippen LogP contribution in [-0.2, 0) is 6.54 Å². The number of halogens is 1. The molecule has 3 heterocycles. The molecule has 1 aromatic carbocycles. The number of piperidine rings is 1. The summed E-state index contributed by atoms with van der Waals surface area (Å²) in [6.45, 7) is 4.87. The van der Waals surface area contributed by atoms with Gasteiger partial charge in [0.25, 0.3) is 5.91 Å². The number of carbonyl (C=O) groups excluding carboxylic acids is 1. The topological polar surface area (TPSA) is 48.5 Å². The summed E-state index contributed by atoms with van der Waals surface area (Å²) in [5, 5.41) is 4.01. The molecule has 5 nitrogen and oxygen atoms in total. The number of amides is 1. The fourth-order valence-electron chi connectivity index (χ4n) is 4.10. The van der Waals surface area contributed by atoms with Crippen molar-refractivity contribution in [3.8, 4) is 0 Å². The Bertz CT molecular complexity index is 796. The van der Waals surface area contributed by atoms with E-state index >= 15 is 0 Å². The SMILES string of the molecule is O=C(NC1CCN(Cc2ccc(Cl)cc2)CC1)c1cccnc1N1CCCC1. The van der Waals surface area contributed by atoms with Crippen LogP contribution in [0, 0.1) is 0 Å². The Morgan fingerprint density at radius 3 is 2.50 bits per heavy atom. The molecule has 6 heteroatoms. The maximum atomic E-state index is 12.9. The van der Waals surface area contributed by atoms with E-state index < -0.39 is 0 Å². The minimum atomic E-state index is 0.00570.